The van der Waals surface area contributed by atoms with Crippen LogP contribution in [0.3, 0.4) is 0 Å². The number of aromatic nitrogens is 2. The van der Waals surface area contributed by atoms with Gasteiger partial charge in [-0.1, -0.05) is 0 Å². The van der Waals surface area contributed by atoms with Gasteiger partial charge in [-0.2, -0.15) is 5.10 Å². The van der Waals surface area contributed by atoms with Gasteiger partial charge in [-0.25, -0.2) is 0 Å². The van der Waals surface area contributed by atoms with Crippen molar-refractivity contribution in [2.75, 3.05) is 13.1 Å². The topological polar surface area (TPSA) is 61.5 Å². The van der Waals surface area contributed by atoms with Gasteiger partial charge >= 0.3 is 0 Å². The van der Waals surface area contributed by atoms with Gasteiger partial charge in [0.25, 0.3) is 0 Å². The highest BCUT2D eigenvalue weighted by Crippen LogP contribution is 2.23. The van der Waals surface area contributed by atoms with Crippen molar-refractivity contribution in [2.45, 2.75) is 25.7 Å². The Labute approximate surface area is 103 Å². The summed E-state index contributed by atoms with van der Waals surface area (Å²) in [6.45, 7) is 3.66. The van der Waals surface area contributed by atoms with Crippen LogP contribution in [0.2, 0.25) is 0 Å². The second-order valence-corrected chi connectivity index (χ2v) is 5.09. The van der Waals surface area contributed by atoms with Crippen molar-refractivity contribution < 1.29 is 10.2 Å². The molecule has 6 heteroatoms. The van der Waals surface area contributed by atoms with E-state index < -0.39 is 12.2 Å². The average Bonchev–Trinajstić information content (AvgIpc) is 2.63. The molecule has 1 fully saturated rings. The number of nitrogens with zero attached hydrogens (tertiary/aromatic N) is 3. The molecule has 0 radical (unpaired) electrons. The molecule has 5 nitrogen and oxygen atoms in total. The Kier molecular flexibility index (Phi) is 3.34. The smallest absolute Gasteiger partial charge is 0.0938 e. The number of aryl methyl sites for hydroxylation is 2. The van der Waals surface area contributed by atoms with Gasteiger partial charge in [0.2, 0.25) is 0 Å². The molecule has 1 aromatic rings. The van der Waals surface area contributed by atoms with Crippen LogP contribution in [0.4, 0.5) is 0 Å². The number of halogens is 1. The molecule has 1 aliphatic heterocycles. The lowest BCUT2D eigenvalue weighted by Crippen LogP contribution is -2.23. The maximum Gasteiger partial charge on any atom is 0.0938 e. The van der Waals surface area contributed by atoms with Crippen molar-refractivity contribution >= 4 is 15.9 Å². The van der Waals surface area contributed by atoms with E-state index in [1.807, 2.05) is 23.6 Å². The molecule has 1 aromatic heterocycles. The Morgan fingerprint density at radius 1 is 1.38 bits per heavy atom. The van der Waals surface area contributed by atoms with E-state index >= 15 is 0 Å². The van der Waals surface area contributed by atoms with E-state index in [2.05, 4.69) is 21.0 Å². The first-order valence-electron chi connectivity index (χ1n) is 5.25. The van der Waals surface area contributed by atoms with Crippen LogP contribution in [-0.4, -0.2) is 50.2 Å². The van der Waals surface area contributed by atoms with E-state index in [0.717, 1.165) is 15.9 Å². The molecule has 2 rings (SSSR count). The number of β-amino-alcohol motifs (C(OH)–C–C–N with tert-alkyl or cyclic N) is 2. The van der Waals surface area contributed by atoms with Crippen LogP contribution < -0.4 is 0 Å². The SMILES string of the molecule is Cc1nn(C)c(CN2C[C@@H](O)[C@@H](O)C2)c1Br. The molecule has 0 unspecified atom stereocenters. The molecule has 0 aliphatic carbocycles. The van der Waals surface area contributed by atoms with E-state index in [0.29, 0.717) is 19.6 Å². The maximum atomic E-state index is 9.46. The third-order valence-electron chi connectivity index (χ3n) is 2.97. The Balaban J connectivity index is 2.10. The molecule has 0 spiro atoms. The summed E-state index contributed by atoms with van der Waals surface area (Å²) < 4.78 is 2.84. The lowest BCUT2D eigenvalue weighted by atomic mass is 10.3. The Morgan fingerprint density at radius 2 is 1.94 bits per heavy atom. The molecule has 90 valence electrons. The van der Waals surface area contributed by atoms with Gasteiger partial charge in [0.1, 0.15) is 0 Å². The molecule has 1 aliphatic rings. The number of aliphatic hydroxyl groups excluding tert-OH is 2. The number of hydrogen-bond acceptors (Lipinski definition) is 4. The van der Waals surface area contributed by atoms with E-state index in [9.17, 15) is 10.2 Å². The van der Waals surface area contributed by atoms with Gasteiger partial charge in [-0.15, -0.1) is 0 Å². The fourth-order valence-corrected chi connectivity index (χ4v) is 2.50. The summed E-state index contributed by atoms with van der Waals surface area (Å²) in [7, 11) is 1.90. The van der Waals surface area contributed by atoms with Gasteiger partial charge in [0.15, 0.2) is 0 Å². The van der Waals surface area contributed by atoms with Crippen LogP contribution in [0.1, 0.15) is 11.4 Å². The number of likely N-dealkylation sites (tertiary alicyclic amines) is 1. The molecule has 16 heavy (non-hydrogen) atoms. The summed E-state index contributed by atoms with van der Waals surface area (Å²) in [4.78, 5) is 2.02. The molecule has 0 aromatic carbocycles. The predicted octanol–water partition coefficient (Wildman–Crippen LogP) is 0.0284. The standard InChI is InChI=1S/C10H16BrN3O2/c1-6-10(11)7(13(2)12-6)3-14-4-8(15)9(16)5-14/h8-9,15-16H,3-5H2,1-2H3/t8-,9+. The van der Waals surface area contributed by atoms with E-state index in [1.54, 1.807) is 0 Å². The largest absolute Gasteiger partial charge is 0.389 e. The molecule has 2 N–H and O–H groups in total. The number of hydrogen-bond donors (Lipinski definition) is 2. The summed E-state index contributed by atoms with van der Waals surface area (Å²) in [5.41, 5.74) is 2.02. The van der Waals surface area contributed by atoms with Gasteiger partial charge in [-0.3, -0.25) is 9.58 Å². The zero-order chi connectivity index (χ0) is 11.9. The summed E-state index contributed by atoms with van der Waals surface area (Å²) >= 11 is 3.50. The molecular weight excluding hydrogens is 274 g/mol. The van der Waals surface area contributed by atoms with Crippen molar-refractivity contribution in [3.63, 3.8) is 0 Å². The van der Waals surface area contributed by atoms with Crippen LogP contribution in [0.25, 0.3) is 0 Å². The fraction of sp³-hybridized carbons (Fsp3) is 0.700. The summed E-state index contributed by atoms with van der Waals surface area (Å²) in [6, 6.07) is 0. The highest BCUT2D eigenvalue weighted by molar-refractivity contribution is 9.10. The Morgan fingerprint density at radius 3 is 2.38 bits per heavy atom. The van der Waals surface area contributed by atoms with Gasteiger partial charge in [0, 0.05) is 26.7 Å². The molecule has 0 saturated carbocycles. The quantitative estimate of drug-likeness (QED) is 0.806. The first kappa shape index (κ1) is 12.0. The monoisotopic (exact) mass is 289 g/mol. The third-order valence-corrected chi connectivity index (χ3v) is 4.00. The van der Waals surface area contributed by atoms with Crippen molar-refractivity contribution in [3.05, 3.63) is 15.9 Å². The summed E-state index contributed by atoms with van der Waals surface area (Å²) in [5, 5.41) is 23.2. The summed E-state index contributed by atoms with van der Waals surface area (Å²) in [5.74, 6) is 0. The molecular formula is C10H16BrN3O2. The zero-order valence-corrected chi connectivity index (χ0v) is 11.0. The van der Waals surface area contributed by atoms with Crippen LogP contribution in [-0.2, 0) is 13.6 Å². The van der Waals surface area contributed by atoms with Gasteiger partial charge in [0.05, 0.1) is 28.1 Å². The molecule has 0 bridgehead atoms. The van der Waals surface area contributed by atoms with Gasteiger partial charge < -0.3 is 10.2 Å². The lowest BCUT2D eigenvalue weighted by Gasteiger charge is -2.14. The van der Waals surface area contributed by atoms with Crippen LogP contribution in [0.5, 0.6) is 0 Å². The average molecular weight is 290 g/mol. The van der Waals surface area contributed by atoms with Crippen molar-refractivity contribution in [2.24, 2.45) is 7.05 Å². The maximum absolute atomic E-state index is 9.46. The van der Waals surface area contributed by atoms with Crippen molar-refractivity contribution in [3.8, 4) is 0 Å². The second kappa shape index (κ2) is 4.44. The Hall–Kier alpha value is -0.430. The van der Waals surface area contributed by atoms with Gasteiger partial charge in [-0.05, 0) is 22.9 Å². The van der Waals surface area contributed by atoms with Crippen LogP contribution in [0.15, 0.2) is 4.47 Å². The number of aliphatic hydroxyl groups is 2. The Bertz CT molecular complexity index is 384. The molecule has 2 heterocycles. The first-order chi connectivity index (χ1) is 7.49. The second-order valence-electron chi connectivity index (χ2n) is 4.30. The normalized spacial score (nSPS) is 26.6. The van der Waals surface area contributed by atoms with Crippen molar-refractivity contribution in [1.82, 2.24) is 14.7 Å². The molecule has 1 saturated heterocycles. The third kappa shape index (κ3) is 2.15. The van der Waals surface area contributed by atoms with Crippen LogP contribution >= 0.6 is 15.9 Å². The highest BCUT2D eigenvalue weighted by atomic mass is 79.9. The zero-order valence-electron chi connectivity index (χ0n) is 9.39. The van der Waals surface area contributed by atoms with E-state index in [-0.39, 0.29) is 0 Å². The summed E-state index contributed by atoms with van der Waals surface area (Å²) in [6.07, 6.45) is -1.26. The lowest BCUT2D eigenvalue weighted by molar-refractivity contribution is 0.0572. The predicted molar refractivity (Wildman–Crippen MR) is 62.9 cm³/mol. The van der Waals surface area contributed by atoms with Crippen LogP contribution in [0, 0.1) is 6.92 Å². The fourth-order valence-electron chi connectivity index (χ4n) is 2.04. The minimum Gasteiger partial charge on any atom is -0.389 e. The van der Waals surface area contributed by atoms with E-state index in [4.69, 9.17) is 0 Å². The molecule has 2 atom stereocenters. The first-order valence-corrected chi connectivity index (χ1v) is 6.04. The highest BCUT2D eigenvalue weighted by Gasteiger charge is 2.30. The van der Waals surface area contributed by atoms with Crippen molar-refractivity contribution in [1.29, 1.82) is 0 Å². The number of rotatable bonds is 2. The van der Waals surface area contributed by atoms with E-state index in [1.165, 1.54) is 0 Å². The minimum atomic E-state index is -0.631. The molecule has 0 amide bonds. The minimum absolute atomic E-state index is 0.512.